The number of methoxy groups -OCH3 is 1. The molecule has 0 spiro atoms. The van der Waals surface area contributed by atoms with Gasteiger partial charge in [-0.05, 0) is 18.6 Å². The Labute approximate surface area is 148 Å². The van der Waals surface area contributed by atoms with E-state index in [-0.39, 0.29) is 0 Å². The van der Waals surface area contributed by atoms with E-state index in [0.29, 0.717) is 5.95 Å². The summed E-state index contributed by atoms with van der Waals surface area (Å²) in [7, 11) is 1.65. The van der Waals surface area contributed by atoms with Crippen LogP contribution in [-0.2, 0) is 0 Å². The number of aromatic nitrogens is 2. The lowest BCUT2D eigenvalue weighted by Gasteiger charge is -2.11. The van der Waals surface area contributed by atoms with Crippen LogP contribution in [-0.4, -0.2) is 23.6 Å². The van der Waals surface area contributed by atoms with Gasteiger partial charge in [0.25, 0.3) is 0 Å². The standard InChI is InChI=1S/C20H22N4O/c1-3-12-21-19-14-18(15-8-5-4-6-9-15)23-20(24-19)22-16-10-7-11-17(13-16)25-2/h4-11,13-14H,3,12H2,1-2H3,(H2,21,22,23,24). The average molecular weight is 334 g/mol. The van der Waals surface area contributed by atoms with Crippen LogP contribution in [0.4, 0.5) is 17.5 Å². The van der Waals surface area contributed by atoms with Gasteiger partial charge in [-0.1, -0.05) is 43.3 Å². The van der Waals surface area contributed by atoms with Gasteiger partial charge in [-0.2, -0.15) is 4.98 Å². The molecule has 128 valence electrons. The van der Waals surface area contributed by atoms with Crippen LogP contribution in [0.2, 0.25) is 0 Å². The van der Waals surface area contributed by atoms with Crippen LogP contribution < -0.4 is 15.4 Å². The Morgan fingerprint density at radius 2 is 1.80 bits per heavy atom. The molecule has 25 heavy (non-hydrogen) atoms. The molecule has 1 heterocycles. The van der Waals surface area contributed by atoms with Crippen molar-refractivity contribution in [1.82, 2.24) is 9.97 Å². The lowest BCUT2D eigenvalue weighted by atomic mass is 10.1. The predicted octanol–water partition coefficient (Wildman–Crippen LogP) is 4.72. The van der Waals surface area contributed by atoms with E-state index in [4.69, 9.17) is 4.74 Å². The molecule has 2 aromatic carbocycles. The second-order valence-corrected chi connectivity index (χ2v) is 5.61. The van der Waals surface area contributed by atoms with Gasteiger partial charge in [0.1, 0.15) is 11.6 Å². The number of rotatable bonds is 7. The van der Waals surface area contributed by atoms with Gasteiger partial charge in [-0.3, -0.25) is 0 Å². The average Bonchev–Trinajstić information content (AvgIpc) is 2.67. The zero-order valence-electron chi connectivity index (χ0n) is 14.5. The fourth-order valence-electron chi connectivity index (χ4n) is 2.43. The van der Waals surface area contributed by atoms with Crippen molar-refractivity contribution in [3.63, 3.8) is 0 Å². The Hall–Kier alpha value is -3.08. The maximum Gasteiger partial charge on any atom is 0.229 e. The highest BCUT2D eigenvalue weighted by Crippen LogP contribution is 2.24. The molecule has 5 heteroatoms. The number of hydrogen-bond donors (Lipinski definition) is 2. The van der Waals surface area contributed by atoms with Gasteiger partial charge in [0.2, 0.25) is 5.95 Å². The van der Waals surface area contributed by atoms with Crippen LogP contribution in [0.25, 0.3) is 11.3 Å². The van der Waals surface area contributed by atoms with Crippen molar-refractivity contribution in [3.05, 3.63) is 60.7 Å². The van der Waals surface area contributed by atoms with Crippen LogP contribution in [0, 0.1) is 0 Å². The lowest BCUT2D eigenvalue weighted by Crippen LogP contribution is -2.06. The van der Waals surface area contributed by atoms with Crippen molar-refractivity contribution >= 4 is 17.5 Å². The summed E-state index contributed by atoms with van der Waals surface area (Å²) < 4.78 is 5.27. The second-order valence-electron chi connectivity index (χ2n) is 5.61. The Balaban J connectivity index is 1.93. The van der Waals surface area contributed by atoms with Crippen LogP contribution in [0.5, 0.6) is 5.75 Å². The molecule has 0 atom stereocenters. The molecule has 0 aliphatic rings. The first-order chi connectivity index (χ1) is 12.3. The third-order valence-electron chi connectivity index (χ3n) is 3.68. The maximum absolute atomic E-state index is 5.27. The summed E-state index contributed by atoms with van der Waals surface area (Å²) in [5.41, 5.74) is 2.81. The largest absolute Gasteiger partial charge is 0.497 e. The van der Waals surface area contributed by atoms with Gasteiger partial charge >= 0.3 is 0 Å². The summed E-state index contributed by atoms with van der Waals surface area (Å²) in [5.74, 6) is 2.14. The molecular weight excluding hydrogens is 312 g/mol. The summed E-state index contributed by atoms with van der Waals surface area (Å²) >= 11 is 0. The summed E-state index contributed by atoms with van der Waals surface area (Å²) in [6, 6.07) is 19.8. The quantitative estimate of drug-likeness (QED) is 0.655. The molecule has 3 rings (SSSR count). The highest BCUT2D eigenvalue weighted by molar-refractivity contribution is 5.66. The monoisotopic (exact) mass is 334 g/mol. The minimum absolute atomic E-state index is 0.549. The van der Waals surface area contributed by atoms with Gasteiger partial charge < -0.3 is 15.4 Å². The van der Waals surface area contributed by atoms with Gasteiger partial charge in [-0.25, -0.2) is 4.98 Å². The Bertz CT molecular complexity index is 821. The normalized spacial score (nSPS) is 10.3. The van der Waals surface area contributed by atoms with Crippen molar-refractivity contribution < 1.29 is 4.74 Å². The van der Waals surface area contributed by atoms with Crippen molar-refractivity contribution in [1.29, 1.82) is 0 Å². The molecule has 5 nitrogen and oxygen atoms in total. The van der Waals surface area contributed by atoms with E-state index in [1.165, 1.54) is 0 Å². The molecule has 2 N–H and O–H groups in total. The predicted molar refractivity (Wildman–Crippen MR) is 103 cm³/mol. The molecule has 0 unspecified atom stereocenters. The van der Waals surface area contributed by atoms with Crippen molar-refractivity contribution in [2.75, 3.05) is 24.3 Å². The van der Waals surface area contributed by atoms with Gasteiger partial charge in [-0.15, -0.1) is 0 Å². The van der Waals surface area contributed by atoms with Crippen molar-refractivity contribution in [2.45, 2.75) is 13.3 Å². The van der Waals surface area contributed by atoms with E-state index >= 15 is 0 Å². The Morgan fingerprint density at radius 1 is 0.960 bits per heavy atom. The van der Waals surface area contributed by atoms with E-state index in [1.54, 1.807) is 7.11 Å². The van der Waals surface area contributed by atoms with Gasteiger partial charge in [0.15, 0.2) is 0 Å². The number of nitrogens with one attached hydrogen (secondary N) is 2. The van der Waals surface area contributed by atoms with Crippen LogP contribution in [0.15, 0.2) is 60.7 Å². The number of nitrogens with zero attached hydrogens (tertiary/aromatic N) is 2. The van der Waals surface area contributed by atoms with E-state index in [0.717, 1.165) is 41.5 Å². The topological polar surface area (TPSA) is 59.1 Å². The smallest absolute Gasteiger partial charge is 0.229 e. The molecule has 0 aliphatic heterocycles. The molecule has 0 bridgehead atoms. The molecule has 0 fully saturated rings. The molecule has 1 aromatic heterocycles. The zero-order valence-corrected chi connectivity index (χ0v) is 14.5. The first-order valence-electron chi connectivity index (χ1n) is 8.38. The molecule has 0 radical (unpaired) electrons. The highest BCUT2D eigenvalue weighted by Gasteiger charge is 2.07. The summed E-state index contributed by atoms with van der Waals surface area (Å²) in [5, 5.41) is 6.60. The Morgan fingerprint density at radius 3 is 2.56 bits per heavy atom. The van der Waals surface area contributed by atoms with Crippen molar-refractivity contribution in [3.8, 4) is 17.0 Å². The number of anilines is 3. The Kier molecular flexibility index (Phi) is 5.46. The fourth-order valence-corrected chi connectivity index (χ4v) is 2.43. The van der Waals surface area contributed by atoms with Crippen LogP contribution >= 0.6 is 0 Å². The minimum atomic E-state index is 0.549. The van der Waals surface area contributed by atoms with Gasteiger partial charge in [0, 0.05) is 29.9 Å². The van der Waals surface area contributed by atoms with Gasteiger partial charge in [0.05, 0.1) is 12.8 Å². The number of benzene rings is 2. The zero-order chi connectivity index (χ0) is 17.5. The van der Waals surface area contributed by atoms with Crippen LogP contribution in [0.1, 0.15) is 13.3 Å². The molecule has 3 aromatic rings. The molecule has 0 aliphatic carbocycles. The third-order valence-corrected chi connectivity index (χ3v) is 3.68. The van der Waals surface area contributed by atoms with Crippen LogP contribution in [0.3, 0.4) is 0 Å². The van der Waals surface area contributed by atoms with E-state index in [9.17, 15) is 0 Å². The summed E-state index contributed by atoms with van der Waals surface area (Å²) in [6.45, 7) is 2.99. The first kappa shape index (κ1) is 16.8. The van der Waals surface area contributed by atoms with E-state index in [1.807, 2.05) is 60.7 Å². The first-order valence-corrected chi connectivity index (χ1v) is 8.38. The molecule has 0 saturated carbocycles. The lowest BCUT2D eigenvalue weighted by molar-refractivity contribution is 0.415. The summed E-state index contributed by atoms with van der Waals surface area (Å²) in [4.78, 5) is 9.23. The number of ether oxygens (including phenoxy) is 1. The maximum atomic E-state index is 5.27. The highest BCUT2D eigenvalue weighted by atomic mass is 16.5. The molecule has 0 saturated heterocycles. The second kappa shape index (κ2) is 8.15. The number of hydrogen-bond acceptors (Lipinski definition) is 5. The van der Waals surface area contributed by atoms with E-state index < -0.39 is 0 Å². The summed E-state index contributed by atoms with van der Waals surface area (Å²) in [6.07, 6.45) is 1.03. The third kappa shape index (κ3) is 4.47. The fraction of sp³-hybridized carbons (Fsp3) is 0.200. The minimum Gasteiger partial charge on any atom is -0.497 e. The molecule has 0 amide bonds. The van der Waals surface area contributed by atoms with Crippen molar-refractivity contribution in [2.24, 2.45) is 0 Å². The SMILES string of the molecule is CCCNc1cc(-c2ccccc2)nc(Nc2cccc(OC)c2)n1. The molecular formula is C20H22N4O. The van der Waals surface area contributed by atoms with E-state index in [2.05, 4.69) is 27.5 Å².